The standard InChI is InChI=1S/C10H12BrClN2O/c1-15-10-8(11)2-6(12)3-9(10)14-7-4-13-5-7/h2-3,7,13-14H,4-5H2,1H3. The fraction of sp³-hybridized carbons (Fsp3) is 0.400. The topological polar surface area (TPSA) is 33.3 Å². The summed E-state index contributed by atoms with van der Waals surface area (Å²) in [6.45, 7) is 1.96. The van der Waals surface area contributed by atoms with Crippen LogP contribution in [0.3, 0.4) is 0 Å². The van der Waals surface area contributed by atoms with Crippen molar-refractivity contribution in [1.82, 2.24) is 5.32 Å². The van der Waals surface area contributed by atoms with E-state index in [4.69, 9.17) is 16.3 Å². The average Bonchev–Trinajstić information content (AvgIpc) is 2.10. The zero-order valence-corrected chi connectivity index (χ0v) is 10.7. The summed E-state index contributed by atoms with van der Waals surface area (Å²) in [6, 6.07) is 4.16. The first-order chi connectivity index (χ1) is 7.20. The number of methoxy groups -OCH3 is 1. The van der Waals surface area contributed by atoms with Gasteiger partial charge in [0.05, 0.1) is 23.3 Å². The van der Waals surface area contributed by atoms with Gasteiger partial charge in [0.15, 0.2) is 5.75 Å². The molecule has 0 amide bonds. The molecule has 5 heteroatoms. The Kier molecular flexibility index (Phi) is 3.38. The van der Waals surface area contributed by atoms with Crippen LogP contribution in [0.25, 0.3) is 0 Å². The van der Waals surface area contributed by atoms with Crippen molar-refractivity contribution in [1.29, 1.82) is 0 Å². The lowest BCUT2D eigenvalue weighted by Gasteiger charge is -2.29. The molecule has 0 aliphatic carbocycles. The highest BCUT2D eigenvalue weighted by Gasteiger charge is 2.19. The van der Waals surface area contributed by atoms with Crippen molar-refractivity contribution >= 4 is 33.2 Å². The van der Waals surface area contributed by atoms with Gasteiger partial charge in [-0.05, 0) is 28.1 Å². The van der Waals surface area contributed by atoms with Crippen LogP contribution in [-0.4, -0.2) is 26.2 Å². The van der Waals surface area contributed by atoms with Gasteiger partial charge < -0.3 is 15.4 Å². The molecule has 82 valence electrons. The van der Waals surface area contributed by atoms with Crippen LogP contribution in [0.2, 0.25) is 5.02 Å². The third-order valence-corrected chi connectivity index (χ3v) is 3.16. The predicted molar refractivity (Wildman–Crippen MR) is 66.0 cm³/mol. The molecule has 3 nitrogen and oxygen atoms in total. The molecule has 1 heterocycles. The van der Waals surface area contributed by atoms with E-state index >= 15 is 0 Å². The molecule has 1 fully saturated rings. The number of hydrogen-bond acceptors (Lipinski definition) is 3. The number of halogens is 2. The zero-order chi connectivity index (χ0) is 10.8. The molecule has 1 aliphatic rings. The minimum Gasteiger partial charge on any atom is -0.493 e. The van der Waals surface area contributed by atoms with Crippen LogP contribution in [0.4, 0.5) is 5.69 Å². The number of rotatable bonds is 3. The number of ether oxygens (including phenoxy) is 1. The Morgan fingerprint density at radius 1 is 1.53 bits per heavy atom. The number of hydrogen-bond donors (Lipinski definition) is 2. The summed E-state index contributed by atoms with van der Waals surface area (Å²) >= 11 is 9.41. The van der Waals surface area contributed by atoms with Gasteiger partial charge in [0.25, 0.3) is 0 Å². The fourth-order valence-electron chi connectivity index (χ4n) is 1.49. The van der Waals surface area contributed by atoms with Crippen molar-refractivity contribution < 1.29 is 4.74 Å². The molecule has 1 aliphatic heterocycles. The Morgan fingerprint density at radius 2 is 2.27 bits per heavy atom. The molecule has 1 aromatic carbocycles. The van der Waals surface area contributed by atoms with Gasteiger partial charge in [0.2, 0.25) is 0 Å². The first-order valence-electron chi connectivity index (χ1n) is 4.71. The Labute approximate surface area is 102 Å². The molecular weight excluding hydrogens is 279 g/mol. The number of nitrogens with one attached hydrogen (secondary N) is 2. The third-order valence-electron chi connectivity index (χ3n) is 2.35. The molecule has 0 saturated carbocycles. The molecule has 0 aromatic heterocycles. The summed E-state index contributed by atoms with van der Waals surface area (Å²) in [5.41, 5.74) is 0.934. The van der Waals surface area contributed by atoms with Crippen molar-refractivity contribution in [3.63, 3.8) is 0 Å². The van der Waals surface area contributed by atoms with Gasteiger partial charge in [-0.1, -0.05) is 11.6 Å². The van der Waals surface area contributed by atoms with E-state index < -0.39 is 0 Å². The highest BCUT2D eigenvalue weighted by Crippen LogP contribution is 2.36. The normalized spacial score (nSPS) is 15.9. The van der Waals surface area contributed by atoms with Crippen LogP contribution in [0.1, 0.15) is 0 Å². The Bertz CT molecular complexity index is 369. The molecule has 1 aromatic rings. The molecule has 1 saturated heterocycles. The molecule has 2 N–H and O–H groups in total. The first kappa shape index (κ1) is 11.0. The van der Waals surface area contributed by atoms with Crippen LogP contribution < -0.4 is 15.4 Å². The van der Waals surface area contributed by atoms with Gasteiger partial charge in [0, 0.05) is 18.1 Å². The van der Waals surface area contributed by atoms with E-state index in [0.717, 1.165) is 29.0 Å². The summed E-state index contributed by atoms with van der Waals surface area (Å²) in [6.07, 6.45) is 0. The van der Waals surface area contributed by atoms with Crippen molar-refractivity contribution in [2.45, 2.75) is 6.04 Å². The highest BCUT2D eigenvalue weighted by molar-refractivity contribution is 9.10. The minimum absolute atomic E-state index is 0.462. The summed E-state index contributed by atoms with van der Waals surface area (Å²) in [5.74, 6) is 0.798. The largest absolute Gasteiger partial charge is 0.493 e. The predicted octanol–water partition coefficient (Wildman–Crippen LogP) is 2.49. The Balaban J connectivity index is 2.25. The van der Waals surface area contributed by atoms with E-state index in [1.807, 2.05) is 12.1 Å². The second kappa shape index (κ2) is 4.60. The van der Waals surface area contributed by atoms with Crippen molar-refractivity contribution in [2.24, 2.45) is 0 Å². The first-order valence-corrected chi connectivity index (χ1v) is 5.88. The fourth-order valence-corrected chi connectivity index (χ4v) is 2.46. The summed E-state index contributed by atoms with van der Waals surface area (Å²) in [7, 11) is 1.65. The highest BCUT2D eigenvalue weighted by atomic mass is 79.9. The lowest BCUT2D eigenvalue weighted by atomic mass is 10.1. The molecule has 0 spiro atoms. The maximum Gasteiger partial charge on any atom is 0.156 e. The van der Waals surface area contributed by atoms with E-state index in [0.29, 0.717) is 11.1 Å². The average molecular weight is 292 g/mol. The van der Waals surface area contributed by atoms with Crippen LogP contribution in [0, 0.1) is 0 Å². The summed E-state index contributed by atoms with van der Waals surface area (Å²) in [4.78, 5) is 0. The summed E-state index contributed by atoms with van der Waals surface area (Å²) in [5, 5.41) is 7.27. The molecule has 0 atom stereocenters. The van der Waals surface area contributed by atoms with Gasteiger partial charge in [0.1, 0.15) is 0 Å². The van der Waals surface area contributed by atoms with Crippen LogP contribution in [0.15, 0.2) is 16.6 Å². The van der Waals surface area contributed by atoms with Gasteiger partial charge in [-0.25, -0.2) is 0 Å². The monoisotopic (exact) mass is 290 g/mol. The zero-order valence-electron chi connectivity index (χ0n) is 8.31. The van der Waals surface area contributed by atoms with Crippen molar-refractivity contribution in [2.75, 3.05) is 25.5 Å². The Morgan fingerprint density at radius 3 is 2.80 bits per heavy atom. The van der Waals surface area contributed by atoms with E-state index in [1.54, 1.807) is 7.11 Å². The molecular formula is C10H12BrClN2O. The number of anilines is 1. The smallest absolute Gasteiger partial charge is 0.156 e. The van der Waals surface area contributed by atoms with Gasteiger partial charge in [-0.3, -0.25) is 0 Å². The molecule has 15 heavy (non-hydrogen) atoms. The molecule has 0 bridgehead atoms. The molecule has 0 radical (unpaired) electrons. The maximum atomic E-state index is 5.98. The second-order valence-corrected chi connectivity index (χ2v) is 4.76. The third kappa shape index (κ3) is 2.38. The molecule has 0 unspecified atom stereocenters. The lowest BCUT2D eigenvalue weighted by Crippen LogP contribution is -2.51. The summed E-state index contributed by atoms with van der Waals surface area (Å²) < 4.78 is 6.18. The Hall–Kier alpha value is -0.450. The van der Waals surface area contributed by atoms with E-state index in [-0.39, 0.29) is 0 Å². The molecule has 2 rings (SSSR count). The number of benzene rings is 1. The van der Waals surface area contributed by atoms with E-state index in [2.05, 4.69) is 26.6 Å². The van der Waals surface area contributed by atoms with Crippen LogP contribution in [-0.2, 0) is 0 Å². The van der Waals surface area contributed by atoms with Gasteiger partial charge >= 0.3 is 0 Å². The van der Waals surface area contributed by atoms with Gasteiger partial charge in [-0.2, -0.15) is 0 Å². The van der Waals surface area contributed by atoms with Crippen molar-refractivity contribution in [3.05, 3.63) is 21.6 Å². The van der Waals surface area contributed by atoms with Crippen LogP contribution in [0.5, 0.6) is 5.75 Å². The lowest BCUT2D eigenvalue weighted by molar-refractivity contribution is 0.410. The van der Waals surface area contributed by atoms with E-state index in [9.17, 15) is 0 Å². The van der Waals surface area contributed by atoms with E-state index in [1.165, 1.54) is 0 Å². The van der Waals surface area contributed by atoms with Gasteiger partial charge in [-0.15, -0.1) is 0 Å². The quantitative estimate of drug-likeness (QED) is 0.898. The maximum absolute atomic E-state index is 5.98. The SMILES string of the molecule is COc1c(Br)cc(Cl)cc1NC1CNC1. The van der Waals surface area contributed by atoms with Crippen molar-refractivity contribution in [3.8, 4) is 5.75 Å². The second-order valence-electron chi connectivity index (χ2n) is 3.47. The van der Waals surface area contributed by atoms with Crippen LogP contribution >= 0.6 is 27.5 Å². The minimum atomic E-state index is 0.462.